The van der Waals surface area contributed by atoms with Crippen molar-refractivity contribution in [1.29, 1.82) is 0 Å². The average molecular weight is 442 g/mol. The summed E-state index contributed by atoms with van der Waals surface area (Å²) in [6.45, 7) is 1.59. The van der Waals surface area contributed by atoms with E-state index in [1.807, 2.05) is 23.2 Å². The Labute approximate surface area is 183 Å². The number of halogens is 2. The summed E-state index contributed by atoms with van der Waals surface area (Å²) in [5, 5.41) is 4.12. The monoisotopic (exact) mass is 442 g/mol. The molecule has 2 fully saturated rings. The third-order valence-electron chi connectivity index (χ3n) is 6.25. The first-order chi connectivity index (χ1) is 15.6. The van der Waals surface area contributed by atoms with Crippen molar-refractivity contribution >= 4 is 17.2 Å². The van der Waals surface area contributed by atoms with Gasteiger partial charge in [-0.3, -0.25) is 9.78 Å². The number of anilines is 1. The van der Waals surface area contributed by atoms with E-state index in [9.17, 15) is 13.6 Å². The van der Waals surface area contributed by atoms with Crippen molar-refractivity contribution in [2.75, 3.05) is 31.2 Å². The van der Waals surface area contributed by atoms with Gasteiger partial charge in [0.05, 0.1) is 6.61 Å². The van der Waals surface area contributed by atoms with Gasteiger partial charge in [0.2, 0.25) is 5.91 Å². The Morgan fingerprint density at radius 2 is 2.00 bits per heavy atom. The first-order valence-electron chi connectivity index (χ1n) is 10.8. The van der Waals surface area contributed by atoms with Crippen LogP contribution >= 0.6 is 0 Å². The number of fused-ring (bicyclic) bond motifs is 3. The largest absolute Gasteiger partial charge is 0.371 e. The first-order valence-corrected chi connectivity index (χ1v) is 10.8. The number of alkyl halides is 2. The topological polar surface area (TPSA) is 75.9 Å². The number of aromatic nitrogens is 4. The number of piperazine rings is 1. The molecule has 10 heteroatoms. The van der Waals surface area contributed by atoms with Crippen molar-refractivity contribution in [1.82, 2.24) is 24.5 Å². The van der Waals surface area contributed by atoms with E-state index in [0.717, 1.165) is 29.7 Å². The van der Waals surface area contributed by atoms with Crippen LogP contribution in [0.2, 0.25) is 0 Å². The highest BCUT2D eigenvalue weighted by Gasteiger charge is 2.41. The van der Waals surface area contributed by atoms with Crippen LogP contribution in [0.15, 0.2) is 43.0 Å². The van der Waals surface area contributed by atoms with Gasteiger partial charge in [0.1, 0.15) is 18.6 Å². The molecule has 3 aromatic rings. The van der Waals surface area contributed by atoms with E-state index >= 15 is 0 Å². The van der Waals surface area contributed by atoms with Crippen molar-refractivity contribution in [2.45, 2.75) is 37.8 Å². The Morgan fingerprint density at radius 3 is 2.78 bits per heavy atom. The minimum atomic E-state index is -2.59. The van der Waals surface area contributed by atoms with Crippen molar-refractivity contribution in [2.24, 2.45) is 0 Å². The standard InChI is InChI=1S/C22H24F2N6O2/c23-21(24)19-10-16(5-7-25-19)30-17-3-4-18(30)12-28(11-17)20(31)13-32-9-6-15-2-1-8-29-22(15)26-14-27-29/h1-2,5,7-8,10,14,17-18,21H,3-4,6,9,11-13H2. The average Bonchev–Trinajstić information content (AvgIpc) is 3.39. The molecule has 2 atom stereocenters. The molecular weight excluding hydrogens is 418 g/mol. The highest BCUT2D eigenvalue weighted by Crippen LogP contribution is 2.35. The van der Waals surface area contributed by atoms with Gasteiger partial charge in [-0.25, -0.2) is 18.3 Å². The number of nitrogens with zero attached hydrogens (tertiary/aromatic N) is 6. The van der Waals surface area contributed by atoms with E-state index in [4.69, 9.17) is 4.74 Å². The minimum Gasteiger partial charge on any atom is -0.371 e. The summed E-state index contributed by atoms with van der Waals surface area (Å²) >= 11 is 0. The molecule has 8 nitrogen and oxygen atoms in total. The molecular formula is C22H24F2N6O2. The minimum absolute atomic E-state index is 0.0278. The Bertz CT molecular complexity index is 1090. The maximum atomic E-state index is 13.1. The molecule has 2 unspecified atom stereocenters. The van der Waals surface area contributed by atoms with Crippen LogP contribution in [0.25, 0.3) is 5.65 Å². The Morgan fingerprint density at radius 1 is 1.19 bits per heavy atom. The lowest BCUT2D eigenvalue weighted by Crippen LogP contribution is -2.56. The molecule has 0 aliphatic carbocycles. The predicted octanol–water partition coefficient (Wildman–Crippen LogP) is 2.50. The zero-order valence-corrected chi connectivity index (χ0v) is 17.5. The van der Waals surface area contributed by atoms with Gasteiger partial charge in [-0.2, -0.15) is 5.10 Å². The Kier molecular flexibility index (Phi) is 5.69. The number of carbonyl (C=O) groups excluding carboxylic acids is 1. The van der Waals surface area contributed by atoms with E-state index in [0.29, 0.717) is 26.1 Å². The maximum absolute atomic E-state index is 13.1. The van der Waals surface area contributed by atoms with Gasteiger partial charge in [-0.05, 0) is 43.0 Å². The van der Waals surface area contributed by atoms with Crippen molar-refractivity contribution in [3.05, 3.63) is 54.2 Å². The van der Waals surface area contributed by atoms with Gasteiger partial charge >= 0.3 is 0 Å². The number of likely N-dealkylation sites (tertiary alicyclic amines) is 1. The van der Waals surface area contributed by atoms with Crippen molar-refractivity contribution in [3.8, 4) is 0 Å². The number of rotatable bonds is 7. The van der Waals surface area contributed by atoms with E-state index in [1.165, 1.54) is 18.6 Å². The van der Waals surface area contributed by atoms with Crippen molar-refractivity contribution in [3.63, 3.8) is 0 Å². The number of ether oxygens (including phenoxy) is 1. The van der Waals surface area contributed by atoms with Crippen LogP contribution in [0.1, 0.15) is 30.5 Å². The van der Waals surface area contributed by atoms with Crippen LogP contribution in [-0.2, 0) is 16.0 Å². The molecule has 0 spiro atoms. The van der Waals surface area contributed by atoms with E-state index in [-0.39, 0.29) is 30.3 Å². The molecule has 0 aromatic carbocycles. The van der Waals surface area contributed by atoms with Gasteiger partial charge in [-0.15, -0.1) is 0 Å². The number of hydrogen-bond acceptors (Lipinski definition) is 6. The second-order valence-electron chi connectivity index (χ2n) is 8.19. The van der Waals surface area contributed by atoms with Crippen LogP contribution in [0.3, 0.4) is 0 Å². The van der Waals surface area contributed by atoms with Crippen LogP contribution in [0, 0.1) is 0 Å². The number of carbonyl (C=O) groups is 1. The molecule has 2 aliphatic heterocycles. The molecule has 5 rings (SSSR count). The molecule has 168 valence electrons. The highest BCUT2D eigenvalue weighted by molar-refractivity contribution is 5.78. The second kappa shape index (κ2) is 8.78. The molecule has 5 heterocycles. The van der Waals surface area contributed by atoms with E-state index < -0.39 is 6.43 Å². The summed E-state index contributed by atoms with van der Waals surface area (Å²) in [6, 6.07) is 7.36. The number of amides is 1. The van der Waals surface area contributed by atoms with Gasteiger partial charge in [0, 0.05) is 43.3 Å². The van der Waals surface area contributed by atoms with Gasteiger partial charge < -0.3 is 14.5 Å². The lowest BCUT2D eigenvalue weighted by atomic mass is 10.1. The van der Waals surface area contributed by atoms with Crippen LogP contribution in [0.4, 0.5) is 14.5 Å². The molecule has 1 amide bonds. The third kappa shape index (κ3) is 4.02. The van der Waals surface area contributed by atoms with E-state index in [1.54, 1.807) is 10.6 Å². The normalized spacial score (nSPS) is 20.5. The fourth-order valence-corrected chi connectivity index (χ4v) is 4.78. The van der Waals surface area contributed by atoms with E-state index in [2.05, 4.69) is 20.0 Å². The zero-order chi connectivity index (χ0) is 22.1. The predicted molar refractivity (Wildman–Crippen MR) is 113 cm³/mol. The smallest absolute Gasteiger partial charge is 0.280 e. The summed E-state index contributed by atoms with van der Waals surface area (Å²) < 4.78 is 33.5. The summed E-state index contributed by atoms with van der Waals surface area (Å²) in [4.78, 5) is 24.8. The molecule has 3 aromatic heterocycles. The summed E-state index contributed by atoms with van der Waals surface area (Å²) in [5.41, 5.74) is 2.36. The quantitative estimate of drug-likeness (QED) is 0.524. The number of pyridine rings is 2. The molecule has 0 saturated carbocycles. The van der Waals surface area contributed by atoms with Crippen molar-refractivity contribution < 1.29 is 18.3 Å². The number of hydrogen-bond donors (Lipinski definition) is 0. The third-order valence-corrected chi connectivity index (χ3v) is 6.25. The fourth-order valence-electron chi connectivity index (χ4n) is 4.78. The second-order valence-corrected chi connectivity index (χ2v) is 8.19. The summed E-state index contributed by atoms with van der Waals surface area (Å²) in [7, 11) is 0. The SMILES string of the molecule is O=C(COCCc1cccn2ncnc12)N1CC2CCC(C1)N2c1ccnc(C(F)F)c1. The summed E-state index contributed by atoms with van der Waals surface area (Å²) in [6.07, 6.45) is 4.70. The van der Waals surface area contributed by atoms with Crippen LogP contribution < -0.4 is 4.90 Å². The molecule has 0 N–H and O–H groups in total. The molecule has 2 aliphatic rings. The highest BCUT2D eigenvalue weighted by atomic mass is 19.3. The Balaban J connectivity index is 1.15. The fraction of sp³-hybridized carbons (Fsp3) is 0.455. The van der Waals surface area contributed by atoms with Crippen LogP contribution in [0.5, 0.6) is 0 Å². The lowest BCUT2D eigenvalue weighted by molar-refractivity contribution is -0.137. The molecule has 2 saturated heterocycles. The van der Waals surface area contributed by atoms with Crippen LogP contribution in [-0.4, -0.2) is 68.8 Å². The maximum Gasteiger partial charge on any atom is 0.280 e. The molecule has 0 radical (unpaired) electrons. The Hall–Kier alpha value is -3.14. The lowest BCUT2D eigenvalue weighted by Gasteiger charge is -2.42. The van der Waals surface area contributed by atoms with Gasteiger partial charge in [0.15, 0.2) is 5.65 Å². The zero-order valence-electron chi connectivity index (χ0n) is 17.5. The first kappa shape index (κ1) is 20.7. The molecule has 32 heavy (non-hydrogen) atoms. The van der Waals surface area contributed by atoms with Gasteiger partial charge in [0.25, 0.3) is 6.43 Å². The van der Waals surface area contributed by atoms with Gasteiger partial charge in [-0.1, -0.05) is 6.07 Å². The summed E-state index contributed by atoms with van der Waals surface area (Å²) in [5.74, 6) is -0.0368. The molecule has 2 bridgehead atoms.